The summed E-state index contributed by atoms with van der Waals surface area (Å²) in [6.07, 6.45) is 0. The molecular formula is C15H15FN2O3. The maximum atomic E-state index is 13.7. The van der Waals surface area contributed by atoms with E-state index < -0.39 is 11.7 Å². The van der Waals surface area contributed by atoms with E-state index in [4.69, 9.17) is 15.7 Å². The molecule has 6 heteroatoms. The van der Waals surface area contributed by atoms with E-state index >= 15 is 0 Å². The van der Waals surface area contributed by atoms with Gasteiger partial charge in [0.25, 0.3) is 5.91 Å². The van der Waals surface area contributed by atoms with Gasteiger partial charge >= 0.3 is 0 Å². The summed E-state index contributed by atoms with van der Waals surface area (Å²) in [7, 11) is 0. The Kier molecular flexibility index (Phi) is 4.86. The molecular weight excluding hydrogens is 275 g/mol. The predicted molar refractivity (Wildman–Crippen MR) is 74.8 cm³/mol. The highest BCUT2D eigenvalue weighted by atomic mass is 19.1. The van der Waals surface area contributed by atoms with Crippen LogP contribution in [0.25, 0.3) is 0 Å². The lowest BCUT2D eigenvalue weighted by Crippen LogP contribution is -2.30. The Morgan fingerprint density at radius 3 is 2.57 bits per heavy atom. The molecule has 0 bridgehead atoms. The van der Waals surface area contributed by atoms with Crippen molar-refractivity contribution >= 4 is 5.91 Å². The maximum Gasteiger partial charge on any atom is 0.265 e. The minimum absolute atomic E-state index is 0.0179. The summed E-state index contributed by atoms with van der Waals surface area (Å²) in [5, 5.41) is 8.94. The first-order chi connectivity index (χ1) is 10.1. The van der Waals surface area contributed by atoms with Crippen LogP contribution in [0.3, 0.4) is 0 Å². The van der Waals surface area contributed by atoms with Crippen LogP contribution in [0.2, 0.25) is 0 Å². The molecule has 4 N–H and O–H groups in total. The molecule has 0 saturated heterocycles. The zero-order valence-electron chi connectivity index (χ0n) is 11.2. The van der Waals surface area contributed by atoms with E-state index in [1.165, 1.54) is 18.2 Å². The highest BCUT2D eigenvalue weighted by Crippen LogP contribution is 2.17. The average molecular weight is 290 g/mol. The first-order valence-corrected chi connectivity index (χ1v) is 6.26. The third-order valence-corrected chi connectivity index (χ3v) is 2.94. The van der Waals surface area contributed by atoms with Crippen LogP contribution >= 0.6 is 0 Å². The lowest BCUT2D eigenvalue weighted by Gasteiger charge is -2.09. The van der Waals surface area contributed by atoms with Gasteiger partial charge < -0.3 is 9.84 Å². The van der Waals surface area contributed by atoms with Crippen LogP contribution in [-0.2, 0) is 13.2 Å². The van der Waals surface area contributed by atoms with Crippen LogP contribution in [0.5, 0.6) is 5.75 Å². The topological polar surface area (TPSA) is 84.6 Å². The minimum Gasteiger partial charge on any atom is -0.489 e. The maximum absolute atomic E-state index is 13.7. The molecule has 0 unspecified atom stereocenters. The largest absolute Gasteiger partial charge is 0.489 e. The van der Waals surface area contributed by atoms with E-state index in [1.807, 2.05) is 5.43 Å². The fraction of sp³-hybridized carbons (Fsp3) is 0.133. The Morgan fingerprint density at radius 1 is 1.24 bits per heavy atom. The highest BCUT2D eigenvalue weighted by Gasteiger charge is 2.09. The van der Waals surface area contributed by atoms with Crippen LogP contribution in [0.4, 0.5) is 4.39 Å². The second kappa shape index (κ2) is 6.83. The standard InChI is InChI=1S/C15H15FN2O3/c16-14-6-3-11(15(20)18-17)7-12(14)9-21-13-4-1-10(8-19)2-5-13/h1-7,19H,8-9,17H2,(H,18,20). The summed E-state index contributed by atoms with van der Waals surface area (Å²) < 4.78 is 19.1. The molecule has 2 rings (SSSR count). The van der Waals surface area contributed by atoms with Gasteiger partial charge in [0.05, 0.1) is 6.61 Å². The molecule has 0 radical (unpaired) electrons. The second-order valence-electron chi connectivity index (χ2n) is 4.37. The fourth-order valence-electron chi connectivity index (χ4n) is 1.76. The summed E-state index contributed by atoms with van der Waals surface area (Å²) >= 11 is 0. The number of halogens is 1. The smallest absolute Gasteiger partial charge is 0.265 e. The Balaban J connectivity index is 2.09. The SMILES string of the molecule is NNC(=O)c1ccc(F)c(COc2ccc(CO)cc2)c1. The van der Waals surface area contributed by atoms with Crippen molar-refractivity contribution in [3.63, 3.8) is 0 Å². The molecule has 1 amide bonds. The number of nitrogens with one attached hydrogen (secondary N) is 1. The summed E-state index contributed by atoms with van der Waals surface area (Å²) in [6, 6.07) is 10.7. The van der Waals surface area contributed by atoms with E-state index in [0.29, 0.717) is 5.75 Å². The molecule has 0 heterocycles. The summed E-state index contributed by atoms with van der Waals surface area (Å²) in [6.45, 7) is -0.0683. The highest BCUT2D eigenvalue weighted by molar-refractivity contribution is 5.93. The van der Waals surface area contributed by atoms with Crippen LogP contribution in [0.15, 0.2) is 42.5 Å². The Hall–Kier alpha value is -2.44. The van der Waals surface area contributed by atoms with Crippen LogP contribution in [0, 0.1) is 5.82 Å². The second-order valence-corrected chi connectivity index (χ2v) is 4.37. The summed E-state index contributed by atoms with van der Waals surface area (Å²) in [5.74, 6) is 4.62. The molecule has 0 aliphatic rings. The Bertz CT molecular complexity index is 629. The van der Waals surface area contributed by atoms with Gasteiger partial charge in [-0.2, -0.15) is 0 Å². The van der Waals surface area contributed by atoms with Gasteiger partial charge in [-0.3, -0.25) is 10.2 Å². The van der Waals surface area contributed by atoms with Gasteiger partial charge in [-0.1, -0.05) is 12.1 Å². The average Bonchev–Trinajstić information content (AvgIpc) is 2.53. The number of ether oxygens (including phenoxy) is 1. The van der Waals surface area contributed by atoms with E-state index in [2.05, 4.69) is 0 Å². The molecule has 110 valence electrons. The van der Waals surface area contributed by atoms with Crippen LogP contribution in [-0.4, -0.2) is 11.0 Å². The predicted octanol–water partition coefficient (Wildman–Crippen LogP) is 1.50. The number of benzene rings is 2. The molecule has 0 aliphatic carbocycles. The fourth-order valence-corrected chi connectivity index (χ4v) is 1.76. The number of hydrogen-bond acceptors (Lipinski definition) is 4. The number of amides is 1. The van der Waals surface area contributed by atoms with E-state index in [9.17, 15) is 9.18 Å². The van der Waals surface area contributed by atoms with Crippen molar-refractivity contribution in [2.75, 3.05) is 0 Å². The van der Waals surface area contributed by atoms with Gasteiger partial charge in [0.2, 0.25) is 0 Å². The lowest BCUT2D eigenvalue weighted by molar-refractivity contribution is 0.0953. The Labute approximate surface area is 121 Å². The van der Waals surface area contributed by atoms with E-state index in [1.54, 1.807) is 24.3 Å². The first kappa shape index (κ1) is 15.0. The zero-order valence-corrected chi connectivity index (χ0v) is 11.2. The minimum atomic E-state index is -0.497. The van der Waals surface area contributed by atoms with Crippen molar-refractivity contribution in [3.05, 3.63) is 65.0 Å². The van der Waals surface area contributed by atoms with E-state index in [0.717, 1.165) is 5.56 Å². The van der Waals surface area contributed by atoms with Gasteiger partial charge in [0.15, 0.2) is 0 Å². The number of hydrazine groups is 1. The van der Waals surface area contributed by atoms with Gasteiger partial charge in [0, 0.05) is 11.1 Å². The number of rotatable bonds is 5. The molecule has 0 spiro atoms. The molecule has 0 aliphatic heterocycles. The lowest BCUT2D eigenvalue weighted by atomic mass is 10.1. The molecule has 0 aromatic heterocycles. The molecule has 2 aromatic rings. The third-order valence-electron chi connectivity index (χ3n) is 2.94. The number of hydrogen-bond donors (Lipinski definition) is 3. The molecule has 0 fully saturated rings. The molecule has 2 aromatic carbocycles. The van der Waals surface area contributed by atoms with Crippen molar-refractivity contribution in [2.24, 2.45) is 5.84 Å². The molecule has 0 atom stereocenters. The van der Waals surface area contributed by atoms with Crippen molar-refractivity contribution in [1.29, 1.82) is 0 Å². The number of aliphatic hydroxyl groups is 1. The number of nitrogens with two attached hydrogens (primary N) is 1. The number of carbonyl (C=O) groups excluding carboxylic acids is 1. The van der Waals surface area contributed by atoms with Crippen molar-refractivity contribution in [3.8, 4) is 5.75 Å². The molecule has 21 heavy (non-hydrogen) atoms. The first-order valence-electron chi connectivity index (χ1n) is 6.26. The molecule has 5 nitrogen and oxygen atoms in total. The number of nitrogen functional groups attached to an aromatic ring is 1. The third kappa shape index (κ3) is 3.77. The quantitative estimate of drug-likeness (QED) is 0.442. The Morgan fingerprint density at radius 2 is 1.95 bits per heavy atom. The van der Waals surface area contributed by atoms with E-state index in [-0.39, 0.29) is 24.3 Å². The van der Waals surface area contributed by atoms with Crippen LogP contribution in [0.1, 0.15) is 21.5 Å². The summed E-state index contributed by atoms with van der Waals surface area (Å²) in [5.41, 5.74) is 3.26. The van der Waals surface area contributed by atoms with Crippen molar-refractivity contribution in [2.45, 2.75) is 13.2 Å². The normalized spacial score (nSPS) is 10.2. The van der Waals surface area contributed by atoms with Crippen molar-refractivity contribution in [1.82, 2.24) is 5.43 Å². The zero-order chi connectivity index (χ0) is 15.2. The van der Waals surface area contributed by atoms with Gasteiger partial charge in [-0.05, 0) is 35.9 Å². The summed E-state index contributed by atoms with van der Waals surface area (Å²) in [4.78, 5) is 11.4. The number of carbonyl (C=O) groups is 1. The van der Waals surface area contributed by atoms with Gasteiger partial charge in [-0.15, -0.1) is 0 Å². The number of aliphatic hydroxyl groups excluding tert-OH is 1. The van der Waals surface area contributed by atoms with Crippen LogP contribution < -0.4 is 16.0 Å². The monoisotopic (exact) mass is 290 g/mol. The van der Waals surface area contributed by atoms with Crippen molar-refractivity contribution < 1.29 is 19.0 Å². The van der Waals surface area contributed by atoms with Gasteiger partial charge in [0.1, 0.15) is 18.2 Å². The van der Waals surface area contributed by atoms with Gasteiger partial charge in [-0.25, -0.2) is 10.2 Å². The molecule has 0 saturated carbocycles.